The summed E-state index contributed by atoms with van der Waals surface area (Å²) in [5.74, 6) is -4.43. The highest BCUT2D eigenvalue weighted by Crippen LogP contribution is 2.45. The van der Waals surface area contributed by atoms with Crippen molar-refractivity contribution in [3.63, 3.8) is 0 Å². The van der Waals surface area contributed by atoms with E-state index < -0.39 is 17.7 Å². The van der Waals surface area contributed by atoms with Crippen LogP contribution in [0.3, 0.4) is 0 Å². The Hall–Kier alpha value is -2.49. The van der Waals surface area contributed by atoms with Gasteiger partial charge >= 0.3 is 12.1 Å². The van der Waals surface area contributed by atoms with Crippen molar-refractivity contribution in [1.82, 2.24) is 14.9 Å². The number of nitrogens with zero attached hydrogens (tertiary/aromatic N) is 4. The Kier molecular flexibility index (Phi) is 3.99. The maximum atomic E-state index is 13.7. The van der Waals surface area contributed by atoms with Crippen molar-refractivity contribution in [3.8, 4) is 0 Å². The fourth-order valence-corrected chi connectivity index (χ4v) is 3.18. The van der Waals surface area contributed by atoms with Crippen LogP contribution in [0.4, 0.5) is 27.8 Å². The number of likely N-dealkylation sites (N-methyl/N-ethyl adjacent to an activating group) is 1. The monoisotopic (exact) mass is 386 g/mol. The molecule has 0 saturated carbocycles. The zero-order chi connectivity index (χ0) is 19.4. The van der Waals surface area contributed by atoms with Gasteiger partial charge in [-0.05, 0) is 19.2 Å². The minimum Gasteiger partial charge on any atom is -0.443 e. The Balaban J connectivity index is 1.86. The summed E-state index contributed by atoms with van der Waals surface area (Å²) in [5.41, 5.74) is -0.391. The van der Waals surface area contributed by atoms with Gasteiger partial charge in [-0.15, -0.1) is 0 Å². The normalized spacial score (nSPS) is 17.2. The molecule has 0 atom stereocenters. The molecule has 1 aromatic carbocycles. The number of piperazine rings is 1. The van der Waals surface area contributed by atoms with Crippen LogP contribution in [0.2, 0.25) is 0 Å². The molecule has 27 heavy (non-hydrogen) atoms. The molecule has 0 amide bonds. The molecule has 4 rings (SSSR count). The van der Waals surface area contributed by atoms with E-state index in [4.69, 9.17) is 4.42 Å². The Bertz CT molecular complexity index is 992. The van der Waals surface area contributed by atoms with Gasteiger partial charge in [0.2, 0.25) is 0 Å². The summed E-state index contributed by atoms with van der Waals surface area (Å²) >= 11 is 0. The molecule has 3 heterocycles. The van der Waals surface area contributed by atoms with Crippen LogP contribution in [0.25, 0.3) is 22.0 Å². The van der Waals surface area contributed by atoms with E-state index in [1.165, 1.54) is 0 Å². The summed E-state index contributed by atoms with van der Waals surface area (Å²) in [6.07, 6.45) is -4.55. The second-order valence-electron chi connectivity index (χ2n) is 6.56. The Morgan fingerprint density at radius 3 is 2.41 bits per heavy atom. The van der Waals surface area contributed by atoms with Gasteiger partial charge in [0, 0.05) is 37.1 Å². The maximum absolute atomic E-state index is 13.7. The number of aromatic nitrogens is 2. The van der Waals surface area contributed by atoms with Gasteiger partial charge in [0.25, 0.3) is 0 Å². The van der Waals surface area contributed by atoms with E-state index in [0.29, 0.717) is 24.4 Å². The first-order valence-corrected chi connectivity index (χ1v) is 8.24. The first kappa shape index (κ1) is 17.9. The molecular weight excluding hydrogens is 371 g/mol. The van der Waals surface area contributed by atoms with Crippen LogP contribution >= 0.6 is 0 Å². The molecule has 0 radical (unpaired) electrons. The van der Waals surface area contributed by atoms with Crippen molar-refractivity contribution < 1.29 is 26.4 Å². The van der Waals surface area contributed by atoms with Crippen molar-refractivity contribution >= 4 is 27.8 Å². The van der Waals surface area contributed by atoms with Crippen molar-refractivity contribution in [2.24, 2.45) is 0 Å². The van der Waals surface area contributed by atoms with E-state index in [0.717, 1.165) is 37.7 Å². The van der Waals surface area contributed by atoms with Crippen molar-refractivity contribution in [3.05, 3.63) is 30.2 Å². The van der Waals surface area contributed by atoms with Crippen LogP contribution in [0, 0.1) is 0 Å². The quantitative estimate of drug-likeness (QED) is 0.628. The molecule has 0 aliphatic carbocycles. The fraction of sp³-hybridized carbons (Fsp3) is 0.412. The van der Waals surface area contributed by atoms with Gasteiger partial charge in [0.1, 0.15) is 0 Å². The molecule has 0 N–H and O–H groups in total. The van der Waals surface area contributed by atoms with Crippen LogP contribution in [0.15, 0.2) is 29.0 Å². The lowest BCUT2D eigenvalue weighted by molar-refractivity contribution is -0.289. The lowest BCUT2D eigenvalue weighted by Crippen LogP contribution is -2.44. The highest BCUT2D eigenvalue weighted by molar-refractivity contribution is 6.05. The van der Waals surface area contributed by atoms with Gasteiger partial charge in [0.05, 0.1) is 5.52 Å². The van der Waals surface area contributed by atoms with E-state index in [2.05, 4.69) is 14.9 Å². The molecule has 2 aromatic heterocycles. The third-order valence-corrected chi connectivity index (χ3v) is 4.77. The van der Waals surface area contributed by atoms with Crippen LogP contribution in [0.5, 0.6) is 0 Å². The van der Waals surface area contributed by atoms with E-state index in [1.807, 2.05) is 11.9 Å². The Morgan fingerprint density at radius 1 is 1.04 bits per heavy atom. The van der Waals surface area contributed by atoms with Gasteiger partial charge in [-0.25, -0.2) is 9.97 Å². The molecule has 1 fully saturated rings. The molecule has 1 aliphatic rings. The minimum atomic E-state index is -5.69. The molecule has 0 bridgehead atoms. The average Bonchev–Trinajstić information content (AvgIpc) is 3.10. The smallest absolute Gasteiger partial charge is 0.443 e. The van der Waals surface area contributed by atoms with Crippen LogP contribution < -0.4 is 4.90 Å². The standard InChI is InChI=1S/C17H15F5N4O/c1-25-4-6-26(7-5-25)15-13-14(27-9-23-13)11-8-10(2-3-12(11)24-15)16(18,19)17(20,21)22/h2-3,8-9H,4-7H2,1H3. The van der Waals surface area contributed by atoms with Crippen LogP contribution in [-0.4, -0.2) is 54.3 Å². The van der Waals surface area contributed by atoms with Crippen molar-refractivity contribution in [2.45, 2.75) is 12.1 Å². The van der Waals surface area contributed by atoms with E-state index >= 15 is 0 Å². The zero-order valence-electron chi connectivity index (χ0n) is 14.2. The van der Waals surface area contributed by atoms with Gasteiger partial charge < -0.3 is 14.2 Å². The second kappa shape index (κ2) is 6.01. The average molecular weight is 386 g/mol. The van der Waals surface area contributed by atoms with E-state index in [-0.39, 0.29) is 16.5 Å². The molecule has 10 heteroatoms. The summed E-state index contributed by atoms with van der Waals surface area (Å²) < 4.78 is 70.9. The lowest BCUT2D eigenvalue weighted by Gasteiger charge is -2.33. The van der Waals surface area contributed by atoms with Gasteiger partial charge in [-0.1, -0.05) is 6.07 Å². The molecule has 0 unspecified atom stereocenters. The molecule has 1 aliphatic heterocycles. The predicted octanol–water partition coefficient (Wildman–Crippen LogP) is 3.78. The van der Waals surface area contributed by atoms with E-state index in [1.54, 1.807) is 0 Å². The minimum absolute atomic E-state index is 0.0711. The number of halogens is 5. The summed E-state index contributed by atoms with van der Waals surface area (Å²) in [6, 6.07) is 2.68. The fourth-order valence-electron chi connectivity index (χ4n) is 3.18. The molecule has 0 spiro atoms. The third kappa shape index (κ3) is 2.88. The third-order valence-electron chi connectivity index (χ3n) is 4.77. The van der Waals surface area contributed by atoms with Gasteiger partial charge in [0.15, 0.2) is 23.3 Å². The van der Waals surface area contributed by atoms with Gasteiger partial charge in [-0.2, -0.15) is 22.0 Å². The summed E-state index contributed by atoms with van der Waals surface area (Å²) in [5, 5.41) is 0.0711. The zero-order valence-corrected chi connectivity index (χ0v) is 14.2. The Morgan fingerprint density at radius 2 is 1.74 bits per heavy atom. The highest BCUT2D eigenvalue weighted by Gasteiger charge is 2.58. The van der Waals surface area contributed by atoms with Crippen LogP contribution in [-0.2, 0) is 5.92 Å². The number of hydrogen-bond acceptors (Lipinski definition) is 5. The summed E-state index contributed by atoms with van der Waals surface area (Å²) in [6.45, 7) is 3.02. The highest BCUT2D eigenvalue weighted by atomic mass is 19.4. The molecule has 5 nitrogen and oxygen atoms in total. The lowest BCUT2D eigenvalue weighted by atomic mass is 10.0. The number of fused-ring (bicyclic) bond motifs is 3. The number of benzene rings is 1. The second-order valence-corrected chi connectivity index (χ2v) is 6.56. The molecule has 144 valence electrons. The summed E-state index contributed by atoms with van der Waals surface area (Å²) in [4.78, 5) is 12.7. The maximum Gasteiger partial charge on any atom is 0.458 e. The number of pyridine rings is 1. The van der Waals surface area contributed by atoms with Gasteiger partial charge in [-0.3, -0.25) is 0 Å². The Labute approximate surface area is 150 Å². The molecular formula is C17H15F5N4O. The number of anilines is 1. The topological polar surface area (TPSA) is 45.4 Å². The number of hydrogen-bond donors (Lipinski definition) is 0. The van der Waals surface area contributed by atoms with E-state index in [9.17, 15) is 22.0 Å². The largest absolute Gasteiger partial charge is 0.458 e. The van der Waals surface area contributed by atoms with Crippen LogP contribution in [0.1, 0.15) is 5.56 Å². The number of rotatable bonds is 2. The molecule has 3 aromatic rings. The van der Waals surface area contributed by atoms with Crippen molar-refractivity contribution in [2.75, 3.05) is 38.1 Å². The summed E-state index contributed by atoms with van der Waals surface area (Å²) in [7, 11) is 2.00. The number of oxazole rings is 1. The first-order valence-electron chi connectivity index (χ1n) is 8.24. The predicted molar refractivity (Wildman–Crippen MR) is 89.0 cm³/mol. The molecule has 1 saturated heterocycles. The number of alkyl halides is 5. The SMILES string of the molecule is CN1CCN(c2nc3ccc(C(F)(F)C(F)(F)F)cc3c3ocnc23)CC1. The van der Waals surface area contributed by atoms with Crippen molar-refractivity contribution in [1.29, 1.82) is 0 Å². The first-order chi connectivity index (χ1) is 12.7.